The first kappa shape index (κ1) is 24.9. The molecule has 2 heterocycles. The summed E-state index contributed by atoms with van der Waals surface area (Å²) in [5.74, 6) is 4.86. The molecular weight excluding hydrogens is 505 g/mol. The Kier molecular flexibility index (Phi) is 6.98. The summed E-state index contributed by atoms with van der Waals surface area (Å²) in [6.07, 6.45) is 2.31. The molecule has 0 fully saturated rings. The van der Waals surface area contributed by atoms with E-state index >= 15 is 0 Å². The molecule has 188 valence electrons. The van der Waals surface area contributed by atoms with E-state index in [-0.39, 0.29) is 23.8 Å². The maximum atomic E-state index is 14.3. The number of carbonyl (C=O) groups excluding carboxylic acids is 3. The van der Waals surface area contributed by atoms with Gasteiger partial charge in [-0.15, -0.1) is 11.3 Å². The molecule has 0 saturated carbocycles. The Bertz CT molecular complexity index is 1590. The zero-order valence-electron chi connectivity index (χ0n) is 20.1. The Morgan fingerprint density at radius 1 is 1.13 bits per heavy atom. The lowest BCUT2D eigenvalue weighted by Crippen LogP contribution is -2.37. The number of amides is 2. The van der Waals surface area contributed by atoms with Gasteiger partial charge in [0.15, 0.2) is 5.13 Å². The van der Waals surface area contributed by atoms with Crippen LogP contribution in [0.2, 0.25) is 0 Å². The van der Waals surface area contributed by atoms with Crippen LogP contribution in [-0.2, 0) is 11.3 Å². The minimum atomic E-state index is -1.17. The number of methoxy groups -OCH3 is 1. The van der Waals surface area contributed by atoms with Crippen molar-refractivity contribution in [2.24, 2.45) is 0 Å². The van der Waals surface area contributed by atoms with Crippen LogP contribution in [0.3, 0.4) is 0 Å². The number of halogens is 1. The van der Waals surface area contributed by atoms with Gasteiger partial charge in [-0.1, -0.05) is 30.0 Å². The predicted octanol–water partition coefficient (Wildman–Crippen LogP) is 4.84. The third-order valence-corrected chi connectivity index (χ3v) is 6.74. The molecule has 5 rings (SSSR count). The van der Waals surface area contributed by atoms with E-state index in [1.54, 1.807) is 54.0 Å². The number of thiazole rings is 1. The van der Waals surface area contributed by atoms with Crippen LogP contribution < -0.4 is 10.1 Å². The maximum Gasteiger partial charge on any atom is 0.255 e. The molecule has 1 atom stereocenters. The Hall–Kier alpha value is -4.81. The summed E-state index contributed by atoms with van der Waals surface area (Å²) < 4.78 is 19.7. The quantitative estimate of drug-likeness (QED) is 0.288. The van der Waals surface area contributed by atoms with E-state index in [9.17, 15) is 18.8 Å². The molecule has 9 heteroatoms. The van der Waals surface area contributed by atoms with E-state index in [1.165, 1.54) is 41.5 Å². The maximum absolute atomic E-state index is 14.3. The highest BCUT2D eigenvalue weighted by Gasteiger charge is 2.39. The Balaban J connectivity index is 1.48. The van der Waals surface area contributed by atoms with Crippen LogP contribution in [0.1, 0.15) is 49.0 Å². The number of hydrogen-bond acceptors (Lipinski definition) is 6. The second-order valence-corrected chi connectivity index (χ2v) is 9.30. The van der Waals surface area contributed by atoms with Gasteiger partial charge in [-0.3, -0.25) is 19.7 Å². The van der Waals surface area contributed by atoms with Gasteiger partial charge in [0.1, 0.15) is 23.9 Å². The van der Waals surface area contributed by atoms with Gasteiger partial charge in [-0.25, -0.2) is 9.37 Å². The number of fused-ring (bicyclic) bond motifs is 1. The van der Waals surface area contributed by atoms with Gasteiger partial charge in [-0.05, 0) is 48.0 Å². The summed E-state index contributed by atoms with van der Waals surface area (Å²) in [4.78, 5) is 43.4. The first-order chi connectivity index (χ1) is 18.5. The third kappa shape index (κ3) is 5.03. The standard InChI is InChI=1S/C29H20FN3O4S/c1-37-25-11-10-22(30)15-24(25)26(27(35)32-29-31-12-13-38-29)33-16-21-9-8-19(14-23(21)28(33)36)5-2-18-3-6-20(17-34)7-4-18/h3-4,6-15,17,26H,16H2,1H3,(H,31,32,35)/t26-/m1/s1. The number of aromatic nitrogens is 1. The summed E-state index contributed by atoms with van der Waals surface area (Å²) in [6, 6.07) is 14.8. The van der Waals surface area contributed by atoms with Gasteiger partial charge in [0.25, 0.3) is 11.8 Å². The second kappa shape index (κ2) is 10.7. The summed E-state index contributed by atoms with van der Waals surface area (Å²) in [7, 11) is 1.42. The van der Waals surface area contributed by atoms with Crippen LogP contribution in [-0.4, -0.2) is 35.1 Å². The molecular formula is C29H20FN3O4S. The average molecular weight is 526 g/mol. The summed E-state index contributed by atoms with van der Waals surface area (Å²) >= 11 is 1.23. The first-order valence-electron chi connectivity index (χ1n) is 11.5. The summed E-state index contributed by atoms with van der Waals surface area (Å²) in [6.45, 7) is 0.144. The molecule has 0 saturated heterocycles. The monoisotopic (exact) mass is 525 g/mol. The van der Waals surface area contributed by atoms with E-state index in [1.807, 2.05) is 0 Å². The van der Waals surface area contributed by atoms with Gasteiger partial charge in [0, 0.05) is 45.9 Å². The number of carbonyl (C=O) groups is 3. The molecule has 4 aromatic rings. The number of benzene rings is 3. The summed E-state index contributed by atoms with van der Waals surface area (Å²) in [5, 5.41) is 4.80. The molecule has 38 heavy (non-hydrogen) atoms. The molecule has 1 aromatic heterocycles. The van der Waals surface area contributed by atoms with E-state index in [0.717, 1.165) is 17.4 Å². The van der Waals surface area contributed by atoms with Crippen LogP contribution in [0, 0.1) is 17.7 Å². The molecule has 0 bridgehead atoms. The number of ether oxygens (including phenoxy) is 1. The lowest BCUT2D eigenvalue weighted by Gasteiger charge is -2.28. The Morgan fingerprint density at radius 2 is 1.89 bits per heavy atom. The highest BCUT2D eigenvalue weighted by atomic mass is 32.1. The topological polar surface area (TPSA) is 88.6 Å². The molecule has 3 aromatic carbocycles. The minimum Gasteiger partial charge on any atom is -0.496 e. The van der Waals surface area contributed by atoms with Crippen LogP contribution in [0.15, 0.2) is 72.2 Å². The van der Waals surface area contributed by atoms with Crippen LogP contribution in [0.4, 0.5) is 9.52 Å². The van der Waals surface area contributed by atoms with Gasteiger partial charge in [0.05, 0.1) is 7.11 Å². The molecule has 1 aliphatic heterocycles. The zero-order chi connectivity index (χ0) is 26.6. The minimum absolute atomic E-state index is 0.144. The number of nitrogens with one attached hydrogen (secondary N) is 1. The SMILES string of the molecule is COc1ccc(F)cc1[C@H](C(=O)Nc1nccs1)N1Cc2ccc(C#Cc3ccc(C=O)cc3)cc2C1=O. The molecule has 1 aliphatic rings. The average Bonchev–Trinajstić information content (AvgIpc) is 3.56. The smallest absolute Gasteiger partial charge is 0.255 e. The van der Waals surface area contributed by atoms with Crippen LogP contribution in [0.5, 0.6) is 5.75 Å². The van der Waals surface area contributed by atoms with Crippen LogP contribution in [0.25, 0.3) is 0 Å². The zero-order valence-corrected chi connectivity index (χ0v) is 20.9. The second-order valence-electron chi connectivity index (χ2n) is 8.41. The fourth-order valence-electron chi connectivity index (χ4n) is 4.23. The van der Waals surface area contributed by atoms with Gasteiger partial charge >= 0.3 is 0 Å². The fourth-order valence-corrected chi connectivity index (χ4v) is 4.76. The largest absolute Gasteiger partial charge is 0.496 e. The number of anilines is 1. The highest BCUT2D eigenvalue weighted by Crippen LogP contribution is 2.37. The van der Waals surface area contributed by atoms with Gasteiger partial charge in [0.2, 0.25) is 0 Å². The van der Waals surface area contributed by atoms with Crippen molar-refractivity contribution in [3.63, 3.8) is 0 Å². The van der Waals surface area contributed by atoms with E-state index < -0.39 is 17.8 Å². The normalized spacial score (nSPS) is 12.8. The molecule has 0 spiro atoms. The number of aldehydes is 1. The van der Waals surface area contributed by atoms with Crippen molar-refractivity contribution in [2.75, 3.05) is 12.4 Å². The van der Waals surface area contributed by atoms with E-state index in [4.69, 9.17) is 4.74 Å². The number of rotatable bonds is 6. The molecule has 7 nitrogen and oxygen atoms in total. The predicted molar refractivity (Wildman–Crippen MR) is 141 cm³/mol. The van der Waals surface area contributed by atoms with Gasteiger partial charge in [-0.2, -0.15) is 0 Å². The van der Waals surface area contributed by atoms with E-state index in [0.29, 0.717) is 21.8 Å². The lowest BCUT2D eigenvalue weighted by atomic mass is 10.0. The van der Waals surface area contributed by atoms with Gasteiger partial charge < -0.3 is 9.64 Å². The number of nitrogens with zero attached hydrogens (tertiary/aromatic N) is 2. The number of hydrogen-bond donors (Lipinski definition) is 1. The van der Waals surface area contributed by atoms with Crippen molar-refractivity contribution in [3.8, 4) is 17.6 Å². The van der Waals surface area contributed by atoms with Crippen molar-refractivity contribution in [1.82, 2.24) is 9.88 Å². The van der Waals surface area contributed by atoms with Crippen LogP contribution >= 0.6 is 11.3 Å². The molecule has 2 amide bonds. The van der Waals surface area contributed by atoms with Crippen molar-refractivity contribution in [2.45, 2.75) is 12.6 Å². The van der Waals surface area contributed by atoms with E-state index in [2.05, 4.69) is 22.1 Å². The highest BCUT2D eigenvalue weighted by molar-refractivity contribution is 7.13. The first-order valence-corrected chi connectivity index (χ1v) is 12.4. The van der Waals surface area contributed by atoms with Crippen molar-refractivity contribution in [3.05, 3.63) is 111 Å². The van der Waals surface area contributed by atoms with Crippen molar-refractivity contribution < 1.29 is 23.5 Å². The molecule has 1 N–H and O–H groups in total. The summed E-state index contributed by atoms with van der Waals surface area (Å²) in [5.41, 5.74) is 3.25. The molecule has 0 radical (unpaired) electrons. The lowest BCUT2D eigenvalue weighted by molar-refractivity contribution is -0.120. The fraction of sp³-hybridized carbons (Fsp3) is 0.103. The molecule has 0 aliphatic carbocycles. The van der Waals surface area contributed by atoms with Crippen molar-refractivity contribution in [1.29, 1.82) is 0 Å². The Morgan fingerprint density at radius 3 is 2.61 bits per heavy atom. The third-order valence-electron chi connectivity index (χ3n) is 6.05. The Labute approximate surface area is 221 Å². The van der Waals surface area contributed by atoms with Crippen molar-refractivity contribution >= 4 is 34.6 Å². The molecule has 0 unspecified atom stereocenters.